The van der Waals surface area contributed by atoms with E-state index in [0.717, 1.165) is 42.0 Å². The number of rotatable bonds is 6. The summed E-state index contributed by atoms with van der Waals surface area (Å²) in [7, 11) is 1.69. The van der Waals surface area contributed by atoms with Gasteiger partial charge in [-0.25, -0.2) is 0 Å². The van der Waals surface area contributed by atoms with E-state index in [4.69, 9.17) is 4.74 Å². The molecular weight excluding hydrogens is 298 g/mol. The molecule has 1 amide bonds. The van der Waals surface area contributed by atoms with Gasteiger partial charge in [-0.3, -0.25) is 4.79 Å². The van der Waals surface area contributed by atoms with Crippen molar-refractivity contribution in [1.82, 2.24) is 5.32 Å². The molecule has 130 valence electrons. The molecule has 4 aliphatic rings. The Morgan fingerprint density at radius 3 is 2.38 bits per heavy atom. The number of ether oxygens (including phenoxy) is 1. The summed E-state index contributed by atoms with van der Waals surface area (Å²) in [5.74, 6) is 3.91. The van der Waals surface area contributed by atoms with E-state index < -0.39 is 0 Å². The average Bonchev–Trinajstić information content (AvgIpc) is 2.57. The van der Waals surface area contributed by atoms with Crippen LogP contribution in [0.3, 0.4) is 0 Å². The average molecular weight is 327 g/mol. The van der Waals surface area contributed by atoms with Gasteiger partial charge in [-0.2, -0.15) is 0 Å². The molecule has 4 bridgehead atoms. The highest BCUT2D eigenvalue weighted by molar-refractivity contribution is 5.76. The fraction of sp³-hybridized carbons (Fsp3) is 0.667. The zero-order valence-electron chi connectivity index (χ0n) is 14.7. The first-order valence-electron chi connectivity index (χ1n) is 9.54. The molecular formula is C21H29NO2. The minimum atomic E-state index is 0.191. The van der Waals surface area contributed by atoms with Crippen molar-refractivity contribution in [3.05, 3.63) is 29.8 Å². The predicted molar refractivity (Wildman–Crippen MR) is 94.9 cm³/mol. The molecule has 1 aromatic rings. The molecule has 0 saturated heterocycles. The Hall–Kier alpha value is -1.51. The lowest BCUT2D eigenvalue weighted by Gasteiger charge is -2.56. The van der Waals surface area contributed by atoms with Crippen LogP contribution in [0, 0.1) is 23.2 Å². The van der Waals surface area contributed by atoms with Crippen LogP contribution in [0.5, 0.6) is 5.75 Å². The van der Waals surface area contributed by atoms with Crippen molar-refractivity contribution >= 4 is 5.91 Å². The number of hydrogen-bond donors (Lipinski definition) is 1. The molecule has 3 nitrogen and oxygen atoms in total. The number of hydrogen-bond acceptors (Lipinski definition) is 2. The van der Waals surface area contributed by atoms with Crippen molar-refractivity contribution in [2.75, 3.05) is 13.7 Å². The predicted octanol–water partition coefficient (Wildman–Crippen LogP) is 3.96. The molecule has 4 saturated carbocycles. The van der Waals surface area contributed by atoms with Crippen molar-refractivity contribution in [3.8, 4) is 5.75 Å². The number of aryl methyl sites for hydroxylation is 1. The molecule has 1 aromatic carbocycles. The second-order valence-corrected chi connectivity index (χ2v) is 8.51. The zero-order chi connectivity index (χ0) is 16.6. The van der Waals surface area contributed by atoms with Crippen LogP contribution in [-0.4, -0.2) is 19.6 Å². The van der Waals surface area contributed by atoms with Gasteiger partial charge < -0.3 is 10.1 Å². The van der Waals surface area contributed by atoms with E-state index in [1.807, 2.05) is 24.3 Å². The number of benzene rings is 1. The van der Waals surface area contributed by atoms with Crippen LogP contribution in [0.25, 0.3) is 0 Å². The van der Waals surface area contributed by atoms with Gasteiger partial charge >= 0.3 is 0 Å². The summed E-state index contributed by atoms with van der Waals surface area (Å²) < 4.78 is 5.37. The van der Waals surface area contributed by atoms with Crippen LogP contribution >= 0.6 is 0 Å². The molecule has 4 aliphatic carbocycles. The Kier molecular flexibility index (Phi) is 4.28. The van der Waals surface area contributed by atoms with Gasteiger partial charge in [-0.15, -0.1) is 0 Å². The Balaban J connectivity index is 1.29. The molecule has 0 heterocycles. The molecule has 0 spiro atoms. The fourth-order valence-corrected chi connectivity index (χ4v) is 6.04. The molecule has 0 radical (unpaired) electrons. The Labute approximate surface area is 145 Å². The highest BCUT2D eigenvalue weighted by atomic mass is 16.5. The second kappa shape index (κ2) is 6.42. The molecule has 24 heavy (non-hydrogen) atoms. The minimum Gasteiger partial charge on any atom is -0.496 e. The quantitative estimate of drug-likeness (QED) is 0.859. The molecule has 3 heteroatoms. The number of amides is 1. The van der Waals surface area contributed by atoms with Crippen molar-refractivity contribution in [2.24, 2.45) is 23.2 Å². The summed E-state index contributed by atoms with van der Waals surface area (Å²) in [5.41, 5.74) is 1.54. The maximum atomic E-state index is 12.4. The first kappa shape index (κ1) is 16.0. The SMILES string of the molecule is COc1ccccc1CCC(=O)NCC12CC3CC(CC(C3)C1)C2. The highest BCUT2D eigenvalue weighted by Gasteiger charge is 2.50. The van der Waals surface area contributed by atoms with Crippen molar-refractivity contribution in [3.63, 3.8) is 0 Å². The standard InChI is InChI=1S/C21H29NO2/c1-24-19-5-3-2-4-18(19)6-7-20(23)22-14-21-11-15-8-16(12-21)10-17(9-15)13-21/h2-5,15-17H,6-14H2,1H3,(H,22,23). The van der Waals surface area contributed by atoms with Gasteiger partial charge in [0, 0.05) is 13.0 Å². The third-order valence-electron chi connectivity index (χ3n) is 6.64. The number of para-hydroxylation sites is 1. The van der Waals surface area contributed by atoms with Gasteiger partial charge in [0.15, 0.2) is 0 Å². The zero-order valence-corrected chi connectivity index (χ0v) is 14.7. The third kappa shape index (κ3) is 3.18. The van der Waals surface area contributed by atoms with E-state index in [9.17, 15) is 4.79 Å². The van der Waals surface area contributed by atoms with Crippen LogP contribution in [0.1, 0.15) is 50.5 Å². The van der Waals surface area contributed by atoms with Gasteiger partial charge in [0.2, 0.25) is 5.91 Å². The fourth-order valence-electron chi connectivity index (χ4n) is 6.04. The summed E-state index contributed by atoms with van der Waals surface area (Å²) in [5, 5.41) is 3.27. The van der Waals surface area contributed by atoms with E-state index in [0.29, 0.717) is 11.8 Å². The second-order valence-electron chi connectivity index (χ2n) is 8.51. The molecule has 0 unspecified atom stereocenters. The Morgan fingerprint density at radius 1 is 1.12 bits per heavy atom. The van der Waals surface area contributed by atoms with Crippen LogP contribution in [0.15, 0.2) is 24.3 Å². The summed E-state index contributed by atoms with van der Waals surface area (Å²) in [6, 6.07) is 7.98. The first-order valence-corrected chi connectivity index (χ1v) is 9.54. The van der Waals surface area contributed by atoms with E-state index >= 15 is 0 Å². The molecule has 4 fully saturated rings. The topological polar surface area (TPSA) is 38.3 Å². The molecule has 1 N–H and O–H groups in total. The summed E-state index contributed by atoms with van der Waals surface area (Å²) in [6.45, 7) is 0.904. The number of carbonyl (C=O) groups excluding carboxylic acids is 1. The molecule has 0 aliphatic heterocycles. The molecule has 0 aromatic heterocycles. The summed E-state index contributed by atoms with van der Waals surface area (Å²) >= 11 is 0. The van der Waals surface area contributed by atoms with Crippen LogP contribution in [0.4, 0.5) is 0 Å². The Morgan fingerprint density at radius 2 is 1.75 bits per heavy atom. The maximum Gasteiger partial charge on any atom is 0.220 e. The van der Waals surface area contributed by atoms with Gasteiger partial charge in [0.25, 0.3) is 0 Å². The lowest BCUT2D eigenvalue weighted by atomic mass is 9.49. The highest BCUT2D eigenvalue weighted by Crippen LogP contribution is 2.59. The third-order valence-corrected chi connectivity index (χ3v) is 6.64. The lowest BCUT2D eigenvalue weighted by Crippen LogP contribution is -2.51. The van der Waals surface area contributed by atoms with Crippen LogP contribution in [0.2, 0.25) is 0 Å². The number of nitrogens with one attached hydrogen (secondary N) is 1. The number of carbonyl (C=O) groups is 1. The smallest absolute Gasteiger partial charge is 0.220 e. The first-order chi connectivity index (χ1) is 11.7. The van der Waals surface area contributed by atoms with Gasteiger partial charge in [-0.1, -0.05) is 18.2 Å². The van der Waals surface area contributed by atoms with Gasteiger partial charge in [-0.05, 0) is 79.7 Å². The van der Waals surface area contributed by atoms with Crippen molar-refractivity contribution < 1.29 is 9.53 Å². The molecule has 0 atom stereocenters. The largest absolute Gasteiger partial charge is 0.496 e. The van der Waals surface area contributed by atoms with E-state index in [2.05, 4.69) is 5.32 Å². The van der Waals surface area contributed by atoms with E-state index in [1.165, 1.54) is 38.5 Å². The van der Waals surface area contributed by atoms with Gasteiger partial charge in [0.1, 0.15) is 5.75 Å². The normalized spacial score (nSPS) is 33.5. The maximum absolute atomic E-state index is 12.4. The minimum absolute atomic E-state index is 0.191. The summed E-state index contributed by atoms with van der Waals surface area (Å²) in [4.78, 5) is 12.4. The lowest BCUT2D eigenvalue weighted by molar-refractivity contribution is -0.123. The Bertz CT molecular complexity index is 574. The van der Waals surface area contributed by atoms with Gasteiger partial charge in [0.05, 0.1) is 7.11 Å². The van der Waals surface area contributed by atoms with Crippen molar-refractivity contribution in [1.29, 1.82) is 0 Å². The summed E-state index contributed by atoms with van der Waals surface area (Å²) in [6.07, 6.45) is 9.73. The number of methoxy groups -OCH3 is 1. The van der Waals surface area contributed by atoms with E-state index in [1.54, 1.807) is 7.11 Å². The van der Waals surface area contributed by atoms with E-state index in [-0.39, 0.29) is 5.91 Å². The van der Waals surface area contributed by atoms with Crippen LogP contribution in [-0.2, 0) is 11.2 Å². The van der Waals surface area contributed by atoms with Crippen LogP contribution < -0.4 is 10.1 Å². The van der Waals surface area contributed by atoms with Crippen molar-refractivity contribution in [2.45, 2.75) is 51.4 Å². The monoisotopic (exact) mass is 327 g/mol. The molecule has 5 rings (SSSR count).